The molecular weight excluding hydrogens is 671 g/mol. The van der Waals surface area contributed by atoms with E-state index in [2.05, 4.69) is 76.0 Å². The maximum Gasteiger partial charge on any atom is 0.254 e. The van der Waals surface area contributed by atoms with E-state index >= 15 is 0 Å². The molecule has 52 heavy (non-hydrogen) atoms. The number of likely N-dealkylation sites (tertiary alicyclic amines) is 2. The van der Waals surface area contributed by atoms with Crippen molar-refractivity contribution >= 4 is 34.2 Å². The fraction of sp³-hybridized carbons (Fsp3) is 0.524. The van der Waals surface area contributed by atoms with Gasteiger partial charge in [0.1, 0.15) is 11.0 Å². The molecule has 10 heteroatoms. The molecule has 0 saturated carbocycles. The Hall–Kier alpha value is -3.73. The molecule has 1 atom stereocenters. The molecule has 0 aromatic heterocycles. The van der Waals surface area contributed by atoms with Crippen molar-refractivity contribution in [1.29, 1.82) is 0 Å². The van der Waals surface area contributed by atoms with Gasteiger partial charge < -0.3 is 24.2 Å². The third kappa shape index (κ3) is 8.40. The van der Waals surface area contributed by atoms with Crippen LogP contribution in [0.4, 0.5) is 11.4 Å². The molecule has 0 bridgehead atoms. The molecule has 1 N–H and O–H groups in total. The number of ether oxygens (including phenoxy) is 1. The van der Waals surface area contributed by atoms with Gasteiger partial charge in [0.25, 0.3) is 5.91 Å². The van der Waals surface area contributed by atoms with Crippen LogP contribution in [-0.2, 0) is 32.5 Å². The summed E-state index contributed by atoms with van der Waals surface area (Å²) in [7, 11) is -1.16. The first kappa shape index (κ1) is 38.0. The Morgan fingerprint density at radius 3 is 2.06 bits per heavy atom. The Labute approximate surface area is 313 Å². The normalized spacial score (nSPS) is 19.3. The number of rotatable bonds is 10. The predicted octanol–water partition coefficient (Wildman–Crippen LogP) is 6.31. The molecule has 3 fully saturated rings. The van der Waals surface area contributed by atoms with Crippen molar-refractivity contribution < 1.29 is 18.5 Å². The summed E-state index contributed by atoms with van der Waals surface area (Å²) in [6.07, 6.45) is 5.63. The lowest BCUT2D eigenvalue weighted by Gasteiger charge is -2.50. The van der Waals surface area contributed by atoms with Crippen LogP contribution in [0.15, 0.2) is 66.7 Å². The topological polar surface area (TPSA) is 85.4 Å². The maximum absolute atomic E-state index is 13.7. The minimum absolute atomic E-state index is 0.0509. The minimum Gasteiger partial charge on any atom is -0.378 e. The van der Waals surface area contributed by atoms with Crippen LogP contribution in [0, 0.1) is 13.8 Å². The number of hydrogen-bond donors (Lipinski definition) is 1. The molecule has 3 heterocycles. The molecule has 3 aliphatic heterocycles. The van der Waals surface area contributed by atoms with Gasteiger partial charge in [-0.25, -0.2) is 4.21 Å². The van der Waals surface area contributed by atoms with Crippen molar-refractivity contribution in [1.82, 2.24) is 14.7 Å². The van der Waals surface area contributed by atoms with E-state index in [9.17, 15) is 13.8 Å². The fourth-order valence-electron chi connectivity index (χ4n) is 8.48. The molecule has 0 radical (unpaired) electrons. The lowest BCUT2D eigenvalue weighted by molar-refractivity contribution is -0.140. The second kappa shape index (κ2) is 16.1. The molecule has 280 valence electrons. The van der Waals surface area contributed by atoms with E-state index in [4.69, 9.17) is 4.74 Å². The summed E-state index contributed by atoms with van der Waals surface area (Å²) in [4.78, 5) is 36.5. The highest BCUT2D eigenvalue weighted by Crippen LogP contribution is 2.36. The summed E-state index contributed by atoms with van der Waals surface area (Å²) in [5.41, 5.74) is 6.31. The number of hydrogen-bond acceptors (Lipinski definition) is 6. The first-order chi connectivity index (χ1) is 24.9. The third-order valence-electron chi connectivity index (χ3n) is 11.8. The number of aryl methyl sites for hydroxylation is 2. The van der Waals surface area contributed by atoms with Gasteiger partial charge >= 0.3 is 0 Å². The molecule has 1 unspecified atom stereocenters. The molecule has 3 aliphatic rings. The maximum atomic E-state index is 13.7. The number of nitrogens with one attached hydrogen (secondary N) is 1. The van der Waals surface area contributed by atoms with Crippen molar-refractivity contribution in [3.05, 3.63) is 94.5 Å². The van der Waals surface area contributed by atoms with Gasteiger partial charge in [-0.2, -0.15) is 0 Å². The van der Waals surface area contributed by atoms with Gasteiger partial charge in [-0.05, 0) is 107 Å². The molecule has 0 spiro atoms. The van der Waals surface area contributed by atoms with Crippen molar-refractivity contribution in [3.63, 3.8) is 0 Å². The van der Waals surface area contributed by atoms with E-state index in [0.717, 1.165) is 86.3 Å². The van der Waals surface area contributed by atoms with Gasteiger partial charge in [-0.15, -0.1) is 0 Å². The molecule has 2 amide bonds. The first-order valence-electron chi connectivity index (χ1n) is 18.9. The van der Waals surface area contributed by atoms with Crippen molar-refractivity contribution in [2.24, 2.45) is 0 Å². The van der Waals surface area contributed by atoms with Gasteiger partial charge in [0.2, 0.25) is 5.91 Å². The molecule has 0 aliphatic carbocycles. The number of carbonyl (C=O) groups excluding carboxylic acids is 2. The number of anilines is 2. The Morgan fingerprint density at radius 2 is 1.48 bits per heavy atom. The Kier molecular flexibility index (Phi) is 11.8. The molecule has 3 aromatic rings. The lowest BCUT2D eigenvalue weighted by Crippen LogP contribution is -2.58. The van der Waals surface area contributed by atoms with Crippen molar-refractivity contribution in [2.45, 2.75) is 83.8 Å². The van der Waals surface area contributed by atoms with Crippen LogP contribution in [-0.4, -0.2) is 101 Å². The summed E-state index contributed by atoms with van der Waals surface area (Å²) < 4.78 is 20.1. The SMILES string of the molecule is Cc1cc(NS(C)=O)cc(C)c1C(=O)N1CCC(C)(N2CCC(N(Cc3ccccc3)c3ccc(C(C)(C)C(=O)N4CCOCC4)cc3)CC2)CC1. The van der Waals surface area contributed by atoms with Gasteiger partial charge in [0.15, 0.2) is 0 Å². The predicted molar refractivity (Wildman–Crippen MR) is 211 cm³/mol. The largest absolute Gasteiger partial charge is 0.378 e. The van der Waals surface area contributed by atoms with Crippen molar-refractivity contribution in [2.75, 3.05) is 68.4 Å². The molecule has 9 nitrogen and oxygen atoms in total. The standard InChI is InChI=1S/C42H57N5O4S/c1-31-28-35(43-52(6)50)29-32(2)38(31)39(48)44-22-18-42(5,19-23-44)46-20-16-37(17-21-46)47(30-33-10-8-7-9-11-33)36-14-12-34(13-15-36)41(3,4)40(49)45-24-26-51-27-25-45/h7-15,28-29,37,43H,16-27,30H2,1-6H3. The van der Waals surface area contributed by atoms with E-state index in [1.165, 1.54) is 11.3 Å². The summed E-state index contributed by atoms with van der Waals surface area (Å²) in [5, 5.41) is 0. The second-order valence-electron chi connectivity index (χ2n) is 15.7. The van der Waals surface area contributed by atoms with Gasteiger partial charge in [-0.1, -0.05) is 42.5 Å². The van der Waals surface area contributed by atoms with Crippen LogP contribution in [0.25, 0.3) is 0 Å². The average molecular weight is 728 g/mol. The van der Waals surface area contributed by atoms with Crippen LogP contribution in [0.2, 0.25) is 0 Å². The van der Waals surface area contributed by atoms with E-state index < -0.39 is 16.4 Å². The monoisotopic (exact) mass is 727 g/mol. The van der Waals surface area contributed by atoms with E-state index in [1.54, 1.807) is 6.26 Å². The van der Waals surface area contributed by atoms with Crippen molar-refractivity contribution in [3.8, 4) is 0 Å². The van der Waals surface area contributed by atoms with Crippen LogP contribution in [0.5, 0.6) is 0 Å². The zero-order chi connectivity index (χ0) is 37.0. The van der Waals surface area contributed by atoms with Gasteiger partial charge in [-0.3, -0.25) is 14.5 Å². The highest BCUT2D eigenvalue weighted by Gasteiger charge is 2.40. The minimum atomic E-state index is -1.16. The van der Waals surface area contributed by atoms with Crippen LogP contribution in [0.1, 0.15) is 79.1 Å². The summed E-state index contributed by atoms with van der Waals surface area (Å²) in [6.45, 7) is 17.2. The number of benzene rings is 3. The average Bonchev–Trinajstić information content (AvgIpc) is 3.14. The highest BCUT2D eigenvalue weighted by molar-refractivity contribution is 7.85. The van der Waals surface area contributed by atoms with Crippen LogP contribution in [0.3, 0.4) is 0 Å². The summed E-state index contributed by atoms with van der Waals surface area (Å²) >= 11 is 0. The first-order valence-corrected chi connectivity index (χ1v) is 20.5. The molecular formula is C42H57N5O4S. The smallest absolute Gasteiger partial charge is 0.254 e. The van der Waals surface area contributed by atoms with Crippen LogP contribution < -0.4 is 9.62 Å². The summed E-state index contributed by atoms with van der Waals surface area (Å²) in [5.74, 6) is 0.251. The summed E-state index contributed by atoms with van der Waals surface area (Å²) in [6, 6.07) is 23.7. The Balaban J connectivity index is 1.10. The molecule has 6 rings (SSSR count). The second-order valence-corrected chi connectivity index (χ2v) is 16.9. The number of piperidine rings is 2. The van der Waals surface area contributed by atoms with E-state index in [1.807, 2.05) is 49.6 Å². The molecule has 3 saturated heterocycles. The van der Waals surface area contributed by atoms with Gasteiger partial charge in [0, 0.05) is 80.6 Å². The fourth-order valence-corrected chi connectivity index (χ4v) is 8.92. The Bertz CT molecular complexity index is 1700. The lowest BCUT2D eigenvalue weighted by atomic mass is 9.82. The third-order valence-corrected chi connectivity index (χ3v) is 12.3. The zero-order valence-corrected chi connectivity index (χ0v) is 32.8. The Morgan fingerprint density at radius 1 is 0.885 bits per heavy atom. The highest BCUT2D eigenvalue weighted by atomic mass is 32.2. The van der Waals surface area contributed by atoms with Gasteiger partial charge in [0.05, 0.1) is 18.6 Å². The van der Waals surface area contributed by atoms with E-state index in [-0.39, 0.29) is 17.4 Å². The number of nitrogens with zero attached hydrogens (tertiary/aromatic N) is 4. The van der Waals surface area contributed by atoms with E-state index in [0.29, 0.717) is 32.3 Å². The quantitative estimate of drug-likeness (QED) is 0.264. The number of morpholine rings is 1. The zero-order valence-electron chi connectivity index (χ0n) is 32.0. The van der Waals surface area contributed by atoms with Crippen LogP contribution >= 0.6 is 0 Å². The molecule has 3 aromatic carbocycles. The number of carbonyl (C=O) groups is 2. The number of amides is 2.